The van der Waals surface area contributed by atoms with Gasteiger partial charge in [0.15, 0.2) is 0 Å². The van der Waals surface area contributed by atoms with E-state index in [1.807, 2.05) is 5.32 Å². The lowest BCUT2D eigenvalue weighted by Gasteiger charge is -2.24. The predicted molar refractivity (Wildman–Crippen MR) is 116 cm³/mol. The maximum atomic E-state index is 13.0. The molecule has 35 heavy (non-hydrogen) atoms. The lowest BCUT2D eigenvalue weighted by atomic mass is 10.0. The molecule has 0 bridgehead atoms. The van der Waals surface area contributed by atoms with E-state index in [0.29, 0.717) is 5.56 Å². The van der Waals surface area contributed by atoms with Gasteiger partial charge in [0, 0.05) is 6.42 Å². The number of carboxylic acids is 2. The van der Waals surface area contributed by atoms with Crippen LogP contribution in [0.2, 0.25) is 0 Å². The van der Waals surface area contributed by atoms with Crippen molar-refractivity contribution in [3.63, 3.8) is 0 Å². The zero-order valence-electron chi connectivity index (χ0n) is 18.3. The van der Waals surface area contributed by atoms with E-state index in [1.54, 1.807) is 0 Å². The van der Waals surface area contributed by atoms with Gasteiger partial charge in [-0.15, -0.1) is 0 Å². The molecule has 1 aromatic rings. The van der Waals surface area contributed by atoms with Gasteiger partial charge in [0.05, 0.1) is 25.5 Å². The van der Waals surface area contributed by atoms with Crippen molar-refractivity contribution in [1.29, 1.82) is 0 Å². The third kappa shape index (κ3) is 10.1. The van der Waals surface area contributed by atoms with Gasteiger partial charge >= 0.3 is 11.9 Å². The summed E-state index contributed by atoms with van der Waals surface area (Å²) in [5.41, 5.74) is 11.1. The number of nitrogens with one attached hydrogen (secondary N) is 3. The monoisotopic (exact) mass is 497 g/mol. The van der Waals surface area contributed by atoms with Gasteiger partial charge in [-0.3, -0.25) is 24.0 Å². The number of rotatable bonds is 14. The van der Waals surface area contributed by atoms with Gasteiger partial charge in [0.25, 0.3) is 0 Å². The molecule has 1 aromatic carbocycles. The van der Waals surface area contributed by atoms with E-state index in [2.05, 4.69) is 10.6 Å². The maximum Gasteiger partial charge on any atom is 0.328 e. The Morgan fingerprint density at radius 2 is 1.31 bits per heavy atom. The van der Waals surface area contributed by atoms with Crippen LogP contribution in [-0.2, 0) is 35.2 Å². The molecule has 11 N–H and O–H groups in total. The lowest BCUT2D eigenvalue weighted by molar-refractivity contribution is -0.143. The Hall–Kier alpha value is -4.24. The Bertz CT molecular complexity index is 952. The van der Waals surface area contributed by atoms with Gasteiger partial charge in [0.1, 0.15) is 23.9 Å². The molecule has 0 saturated carbocycles. The standard InChI is InChI=1S/C20H27N5O10/c21-11(6-16(29)30)17(31)23-12(5-9-1-3-10(27)4-2-9)18(32)24-13(7-15(22)28)19(33)25-14(8-26)20(34)35/h1-4,11-14,26-27H,5-8,21H2,(H2,22,28)(H,23,31)(H,24,32)(H,25,33)(H,29,30)(H,34,35). The number of phenols is 1. The minimum absolute atomic E-state index is 0.0719. The van der Waals surface area contributed by atoms with Crippen molar-refractivity contribution in [2.75, 3.05) is 6.61 Å². The van der Waals surface area contributed by atoms with Crippen LogP contribution in [0.3, 0.4) is 0 Å². The molecule has 4 atom stereocenters. The number of aliphatic carboxylic acids is 2. The quantitative estimate of drug-likeness (QED) is 0.120. The Morgan fingerprint density at radius 1 is 0.800 bits per heavy atom. The number of hydrogen-bond acceptors (Lipinski definition) is 9. The first kappa shape index (κ1) is 28.8. The summed E-state index contributed by atoms with van der Waals surface area (Å²) in [4.78, 5) is 71.0. The molecule has 0 aromatic heterocycles. The number of nitrogens with two attached hydrogens (primary N) is 2. The molecule has 0 aliphatic carbocycles. The second-order valence-corrected chi connectivity index (χ2v) is 7.45. The van der Waals surface area contributed by atoms with Crippen LogP contribution in [0.25, 0.3) is 0 Å². The van der Waals surface area contributed by atoms with Crippen molar-refractivity contribution in [1.82, 2.24) is 16.0 Å². The second kappa shape index (κ2) is 13.5. The highest BCUT2D eigenvalue weighted by Gasteiger charge is 2.31. The minimum Gasteiger partial charge on any atom is -0.508 e. The van der Waals surface area contributed by atoms with Crippen LogP contribution < -0.4 is 27.4 Å². The molecular weight excluding hydrogens is 470 g/mol. The highest BCUT2D eigenvalue weighted by molar-refractivity contribution is 5.96. The third-order valence-corrected chi connectivity index (χ3v) is 4.58. The van der Waals surface area contributed by atoms with Gasteiger partial charge < -0.3 is 47.8 Å². The first-order chi connectivity index (χ1) is 16.3. The van der Waals surface area contributed by atoms with Gasteiger partial charge in [-0.1, -0.05) is 12.1 Å². The zero-order chi connectivity index (χ0) is 26.7. The number of carboxylic acid groups (broad SMARTS) is 2. The van der Waals surface area contributed by atoms with E-state index >= 15 is 0 Å². The summed E-state index contributed by atoms with van der Waals surface area (Å²) < 4.78 is 0. The molecule has 4 unspecified atom stereocenters. The van der Waals surface area contributed by atoms with Gasteiger partial charge in [-0.2, -0.15) is 0 Å². The van der Waals surface area contributed by atoms with Gasteiger partial charge in [-0.25, -0.2) is 4.79 Å². The second-order valence-electron chi connectivity index (χ2n) is 7.45. The van der Waals surface area contributed by atoms with Crippen molar-refractivity contribution in [3.8, 4) is 5.75 Å². The van der Waals surface area contributed by atoms with E-state index in [-0.39, 0.29) is 12.2 Å². The average molecular weight is 497 g/mol. The number of primary amides is 1. The normalized spacial score (nSPS) is 14.0. The molecule has 15 nitrogen and oxygen atoms in total. The van der Waals surface area contributed by atoms with Crippen LogP contribution in [0.4, 0.5) is 0 Å². The number of aromatic hydroxyl groups is 1. The highest BCUT2D eigenvalue weighted by Crippen LogP contribution is 2.12. The number of aliphatic hydroxyl groups is 1. The van der Waals surface area contributed by atoms with E-state index in [9.17, 15) is 33.9 Å². The molecule has 0 radical (unpaired) electrons. The van der Waals surface area contributed by atoms with Gasteiger partial charge in [0.2, 0.25) is 23.6 Å². The van der Waals surface area contributed by atoms with E-state index in [4.69, 9.17) is 26.8 Å². The van der Waals surface area contributed by atoms with E-state index < -0.39 is 79.2 Å². The number of hydrogen-bond donors (Lipinski definition) is 9. The smallest absolute Gasteiger partial charge is 0.328 e. The molecule has 0 aliphatic rings. The molecule has 0 heterocycles. The topological polar surface area (TPSA) is 271 Å². The molecule has 0 aliphatic heterocycles. The van der Waals surface area contributed by atoms with Crippen molar-refractivity contribution < 1.29 is 49.2 Å². The fraction of sp³-hybridized carbons (Fsp3) is 0.400. The Balaban J connectivity index is 3.13. The summed E-state index contributed by atoms with van der Waals surface area (Å²) >= 11 is 0. The highest BCUT2D eigenvalue weighted by atomic mass is 16.4. The first-order valence-electron chi connectivity index (χ1n) is 10.1. The number of benzene rings is 1. The SMILES string of the molecule is NC(=O)CC(NC(=O)C(Cc1ccc(O)cc1)NC(=O)C(N)CC(=O)O)C(=O)NC(CO)C(=O)O. The fourth-order valence-electron chi connectivity index (χ4n) is 2.78. The fourth-order valence-corrected chi connectivity index (χ4v) is 2.78. The number of aliphatic hydroxyl groups excluding tert-OH is 1. The van der Waals surface area contributed by atoms with Crippen molar-refractivity contribution in [2.24, 2.45) is 11.5 Å². The number of carbonyl (C=O) groups excluding carboxylic acids is 4. The minimum atomic E-state index is -1.73. The predicted octanol–water partition coefficient (Wildman–Crippen LogP) is -3.86. The maximum absolute atomic E-state index is 13.0. The summed E-state index contributed by atoms with van der Waals surface area (Å²) in [5.74, 6) is -7.17. The lowest BCUT2D eigenvalue weighted by Crippen LogP contribution is -2.58. The third-order valence-electron chi connectivity index (χ3n) is 4.58. The van der Waals surface area contributed by atoms with E-state index in [1.165, 1.54) is 24.3 Å². The summed E-state index contributed by atoms with van der Waals surface area (Å²) in [6.45, 7) is -0.973. The number of carbonyl (C=O) groups is 6. The summed E-state index contributed by atoms with van der Waals surface area (Å²) in [6, 6.07) is -0.830. The van der Waals surface area contributed by atoms with Crippen LogP contribution in [0, 0.1) is 0 Å². The van der Waals surface area contributed by atoms with E-state index in [0.717, 1.165) is 0 Å². The van der Waals surface area contributed by atoms with Crippen molar-refractivity contribution in [2.45, 2.75) is 43.4 Å². The average Bonchev–Trinajstić information content (AvgIpc) is 2.76. The number of phenolic OH excluding ortho intramolecular Hbond substituents is 1. The first-order valence-corrected chi connectivity index (χ1v) is 10.1. The molecule has 0 fully saturated rings. The Labute approximate surface area is 198 Å². The van der Waals surface area contributed by atoms with Crippen LogP contribution in [0.1, 0.15) is 18.4 Å². The Kier molecular flexibility index (Phi) is 11.1. The summed E-state index contributed by atoms with van der Waals surface area (Å²) in [7, 11) is 0. The number of amides is 4. The molecule has 192 valence electrons. The summed E-state index contributed by atoms with van der Waals surface area (Å²) in [5, 5.41) is 42.7. The van der Waals surface area contributed by atoms with Crippen molar-refractivity contribution in [3.05, 3.63) is 29.8 Å². The Morgan fingerprint density at radius 3 is 1.80 bits per heavy atom. The largest absolute Gasteiger partial charge is 0.508 e. The molecule has 0 spiro atoms. The molecule has 0 saturated heterocycles. The molecule has 15 heteroatoms. The molecular formula is C20H27N5O10. The van der Waals surface area contributed by atoms with Crippen LogP contribution in [0.15, 0.2) is 24.3 Å². The zero-order valence-corrected chi connectivity index (χ0v) is 18.3. The van der Waals surface area contributed by atoms with Crippen molar-refractivity contribution >= 4 is 35.6 Å². The van der Waals surface area contributed by atoms with Crippen LogP contribution >= 0.6 is 0 Å². The van der Waals surface area contributed by atoms with Gasteiger partial charge in [-0.05, 0) is 17.7 Å². The molecule has 1 rings (SSSR count). The van der Waals surface area contributed by atoms with Crippen LogP contribution in [0.5, 0.6) is 5.75 Å². The summed E-state index contributed by atoms with van der Waals surface area (Å²) in [6.07, 6.45) is -1.67. The van der Waals surface area contributed by atoms with Crippen LogP contribution in [-0.4, -0.2) is 86.8 Å². The molecule has 4 amide bonds.